The highest BCUT2D eigenvalue weighted by molar-refractivity contribution is 5.47. The van der Waals surface area contributed by atoms with E-state index >= 15 is 0 Å². The molecule has 1 saturated heterocycles. The second-order valence-electron chi connectivity index (χ2n) is 5.99. The van der Waals surface area contributed by atoms with Gasteiger partial charge in [0.15, 0.2) is 11.5 Å². The Labute approximate surface area is 127 Å². The van der Waals surface area contributed by atoms with E-state index in [1.165, 1.54) is 11.1 Å². The summed E-state index contributed by atoms with van der Waals surface area (Å²) in [4.78, 5) is 2.45. The summed E-state index contributed by atoms with van der Waals surface area (Å²) in [6.07, 6.45) is 1.96. The molecule has 0 bridgehead atoms. The molecule has 0 saturated carbocycles. The first-order valence-electron chi connectivity index (χ1n) is 7.67. The second kappa shape index (κ2) is 7.14. The molecule has 4 nitrogen and oxygen atoms in total. The van der Waals surface area contributed by atoms with Gasteiger partial charge in [-0.25, -0.2) is 0 Å². The summed E-state index contributed by atoms with van der Waals surface area (Å²) in [6, 6.07) is 4.12. The van der Waals surface area contributed by atoms with Crippen molar-refractivity contribution in [3.63, 3.8) is 0 Å². The number of nitrogens with zero attached hydrogens (tertiary/aromatic N) is 1. The Morgan fingerprint density at radius 2 is 1.76 bits per heavy atom. The van der Waals surface area contributed by atoms with E-state index in [0.717, 1.165) is 44.0 Å². The Kier molecular flexibility index (Phi) is 5.48. The number of piperidine rings is 1. The van der Waals surface area contributed by atoms with Crippen LogP contribution < -0.4 is 9.47 Å². The SMILES string of the molecule is COc1cc(C)c(CN2CCC(C(C)O)CC2)cc1OC. The van der Waals surface area contributed by atoms with Gasteiger partial charge < -0.3 is 14.6 Å². The highest BCUT2D eigenvalue weighted by Gasteiger charge is 2.23. The lowest BCUT2D eigenvalue weighted by Gasteiger charge is -2.33. The Balaban J connectivity index is 2.03. The molecule has 1 fully saturated rings. The van der Waals surface area contributed by atoms with Gasteiger partial charge in [0.25, 0.3) is 0 Å². The molecule has 4 heteroatoms. The van der Waals surface area contributed by atoms with E-state index in [2.05, 4.69) is 17.9 Å². The predicted molar refractivity (Wildman–Crippen MR) is 84.0 cm³/mol. The number of likely N-dealkylation sites (tertiary alicyclic amines) is 1. The lowest BCUT2D eigenvalue weighted by molar-refractivity contribution is 0.0694. The normalized spacial score (nSPS) is 18.5. The zero-order chi connectivity index (χ0) is 15.4. The minimum absolute atomic E-state index is 0.185. The lowest BCUT2D eigenvalue weighted by Crippen LogP contribution is -2.36. The molecule has 0 spiro atoms. The standard InChI is InChI=1S/C17H27NO3/c1-12-9-16(20-3)17(21-4)10-15(12)11-18-7-5-14(6-8-18)13(2)19/h9-10,13-14,19H,5-8,11H2,1-4H3. The number of aliphatic hydroxyl groups is 1. The fraction of sp³-hybridized carbons (Fsp3) is 0.647. The fourth-order valence-electron chi connectivity index (χ4n) is 3.03. The van der Waals surface area contributed by atoms with Gasteiger partial charge >= 0.3 is 0 Å². The third-order valence-electron chi connectivity index (χ3n) is 4.55. The van der Waals surface area contributed by atoms with Gasteiger partial charge in [0.1, 0.15) is 0 Å². The van der Waals surface area contributed by atoms with E-state index in [4.69, 9.17) is 9.47 Å². The van der Waals surface area contributed by atoms with E-state index in [1.807, 2.05) is 13.0 Å². The van der Waals surface area contributed by atoms with Crippen LogP contribution in [0.25, 0.3) is 0 Å². The van der Waals surface area contributed by atoms with Crippen molar-refractivity contribution in [2.24, 2.45) is 5.92 Å². The molecule has 1 atom stereocenters. The van der Waals surface area contributed by atoms with Gasteiger partial charge in [-0.2, -0.15) is 0 Å². The van der Waals surface area contributed by atoms with Crippen molar-refractivity contribution in [3.8, 4) is 11.5 Å². The van der Waals surface area contributed by atoms with Gasteiger partial charge in [-0.15, -0.1) is 0 Å². The third-order valence-corrected chi connectivity index (χ3v) is 4.55. The van der Waals surface area contributed by atoms with Crippen LogP contribution in [0.15, 0.2) is 12.1 Å². The van der Waals surface area contributed by atoms with E-state index in [1.54, 1.807) is 14.2 Å². The van der Waals surface area contributed by atoms with Crippen LogP contribution in [0.3, 0.4) is 0 Å². The highest BCUT2D eigenvalue weighted by atomic mass is 16.5. The van der Waals surface area contributed by atoms with Crippen LogP contribution >= 0.6 is 0 Å². The number of aryl methyl sites for hydroxylation is 1. The maximum Gasteiger partial charge on any atom is 0.161 e. The van der Waals surface area contributed by atoms with Gasteiger partial charge in [-0.3, -0.25) is 4.90 Å². The second-order valence-corrected chi connectivity index (χ2v) is 5.99. The van der Waals surface area contributed by atoms with Crippen LogP contribution in [-0.2, 0) is 6.54 Å². The average molecular weight is 293 g/mol. The molecule has 0 aliphatic carbocycles. The first-order valence-corrected chi connectivity index (χ1v) is 7.67. The Morgan fingerprint density at radius 3 is 2.29 bits per heavy atom. The number of methoxy groups -OCH3 is 2. The van der Waals surface area contributed by atoms with Gasteiger partial charge in [-0.05, 0) is 69.0 Å². The van der Waals surface area contributed by atoms with E-state index in [0.29, 0.717) is 5.92 Å². The summed E-state index contributed by atoms with van der Waals surface area (Å²) in [5, 5.41) is 9.67. The molecule has 21 heavy (non-hydrogen) atoms. The topological polar surface area (TPSA) is 41.9 Å². The molecule has 0 amide bonds. The molecule has 0 aromatic heterocycles. The highest BCUT2D eigenvalue weighted by Crippen LogP contribution is 2.31. The maximum absolute atomic E-state index is 9.67. The molecule has 1 aromatic rings. The largest absolute Gasteiger partial charge is 0.493 e. The molecule has 1 aromatic carbocycles. The minimum Gasteiger partial charge on any atom is -0.493 e. The Bertz CT molecular complexity index is 465. The molecular weight excluding hydrogens is 266 g/mol. The lowest BCUT2D eigenvalue weighted by atomic mass is 9.92. The maximum atomic E-state index is 9.67. The van der Waals surface area contributed by atoms with Crippen molar-refractivity contribution < 1.29 is 14.6 Å². The van der Waals surface area contributed by atoms with Crippen LogP contribution in [0, 0.1) is 12.8 Å². The quantitative estimate of drug-likeness (QED) is 0.906. The predicted octanol–water partition coefficient (Wildman–Crippen LogP) is 2.61. The Hall–Kier alpha value is -1.26. The van der Waals surface area contributed by atoms with Crippen LogP contribution in [0.1, 0.15) is 30.9 Å². The number of ether oxygens (including phenoxy) is 2. The summed E-state index contributed by atoms with van der Waals surface area (Å²) in [6.45, 7) is 7.03. The van der Waals surface area contributed by atoms with E-state index in [9.17, 15) is 5.11 Å². The van der Waals surface area contributed by atoms with Crippen LogP contribution in [0.4, 0.5) is 0 Å². The molecule has 1 aliphatic rings. The third kappa shape index (κ3) is 3.89. The van der Waals surface area contributed by atoms with Crippen molar-refractivity contribution in [2.45, 2.75) is 39.3 Å². The summed E-state index contributed by atoms with van der Waals surface area (Å²) >= 11 is 0. The summed E-state index contributed by atoms with van der Waals surface area (Å²) < 4.78 is 10.7. The summed E-state index contributed by atoms with van der Waals surface area (Å²) in [5.41, 5.74) is 2.51. The molecule has 2 rings (SSSR count). The number of hydrogen-bond donors (Lipinski definition) is 1. The van der Waals surface area contributed by atoms with Gasteiger partial charge in [0, 0.05) is 6.54 Å². The van der Waals surface area contributed by atoms with Crippen molar-refractivity contribution in [3.05, 3.63) is 23.3 Å². The van der Waals surface area contributed by atoms with Crippen molar-refractivity contribution >= 4 is 0 Å². The zero-order valence-corrected chi connectivity index (χ0v) is 13.6. The molecule has 1 aliphatic heterocycles. The molecule has 1 N–H and O–H groups in total. The molecule has 1 heterocycles. The summed E-state index contributed by atoms with van der Waals surface area (Å²) in [5.74, 6) is 2.02. The number of rotatable bonds is 5. The Morgan fingerprint density at radius 1 is 1.19 bits per heavy atom. The minimum atomic E-state index is -0.185. The van der Waals surface area contributed by atoms with Crippen molar-refractivity contribution in [2.75, 3.05) is 27.3 Å². The number of aliphatic hydroxyl groups excluding tert-OH is 1. The smallest absolute Gasteiger partial charge is 0.161 e. The number of benzene rings is 1. The molecular formula is C17H27NO3. The molecule has 0 radical (unpaired) electrons. The van der Waals surface area contributed by atoms with Gasteiger partial charge in [0.05, 0.1) is 20.3 Å². The monoisotopic (exact) mass is 293 g/mol. The molecule has 1 unspecified atom stereocenters. The van der Waals surface area contributed by atoms with E-state index in [-0.39, 0.29) is 6.10 Å². The van der Waals surface area contributed by atoms with E-state index < -0.39 is 0 Å². The number of hydrogen-bond acceptors (Lipinski definition) is 4. The zero-order valence-electron chi connectivity index (χ0n) is 13.6. The summed E-state index contributed by atoms with van der Waals surface area (Å²) in [7, 11) is 3.34. The van der Waals surface area contributed by atoms with Gasteiger partial charge in [-0.1, -0.05) is 0 Å². The van der Waals surface area contributed by atoms with Crippen molar-refractivity contribution in [1.29, 1.82) is 0 Å². The van der Waals surface area contributed by atoms with Crippen LogP contribution in [0.2, 0.25) is 0 Å². The fourth-order valence-corrected chi connectivity index (χ4v) is 3.03. The average Bonchev–Trinajstić information content (AvgIpc) is 2.49. The first-order chi connectivity index (χ1) is 10.0. The van der Waals surface area contributed by atoms with Crippen molar-refractivity contribution in [1.82, 2.24) is 4.90 Å². The van der Waals surface area contributed by atoms with Gasteiger partial charge in [0.2, 0.25) is 0 Å². The van der Waals surface area contributed by atoms with Crippen LogP contribution in [0.5, 0.6) is 11.5 Å². The van der Waals surface area contributed by atoms with Crippen LogP contribution in [-0.4, -0.2) is 43.4 Å². The molecule has 118 valence electrons. The first kappa shape index (κ1) is 16.1.